The number of benzene rings is 1. The van der Waals surface area contributed by atoms with E-state index >= 15 is 0 Å². The SMILES string of the molecule is CCOc1ccc(NC(=O)Cn2nc(-c3ccncc3)n(N)c2=S)cc1. The van der Waals surface area contributed by atoms with Crippen molar-refractivity contribution in [2.24, 2.45) is 0 Å². The minimum Gasteiger partial charge on any atom is -0.494 e. The monoisotopic (exact) mass is 370 g/mol. The van der Waals surface area contributed by atoms with E-state index in [1.54, 1.807) is 48.8 Å². The molecular weight excluding hydrogens is 352 g/mol. The molecule has 1 amide bonds. The van der Waals surface area contributed by atoms with Gasteiger partial charge in [-0.05, 0) is 55.5 Å². The normalized spacial score (nSPS) is 10.5. The highest BCUT2D eigenvalue weighted by atomic mass is 32.1. The molecular formula is C17H18N6O2S. The zero-order valence-electron chi connectivity index (χ0n) is 14.1. The van der Waals surface area contributed by atoms with Gasteiger partial charge in [0.25, 0.3) is 0 Å². The van der Waals surface area contributed by atoms with Gasteiger partial charge in [-0.1, -0.05) is 0 Å². The minimum absolute atomic E-state index is 0.0473. The van der Waals surface area contributed by atoms with Crippen LogP contribution >= 0.6 is 12.2 Å². The lowest BCUT2D eigenvalue weighted by molar-refractivity contribution is -0.116. The lowest BCUT2D eigenvalue weighted by atomic mass is 10.2. The third-order valence-electron chi connectivity index (χ3n) is 3.55. The number of pyridine rings is 1. The Morgan fingerprint density at radius 2 is 1.92 bits per heavy atom. The number of carbonyl (C=O) groups excluding carboxylic acids is 1. The van der Waals surface area contributed by atoms with Crippen LogP contribution in [0.15, 0.2) is 48.8 Å². The van der Waals surface area contributed by atoms with Crippen LogP contribution in [0, 0.1) is 4.77 Å². The molecule has 3 rings (SSSR count). The van der Waals surface area contributed by atoms with E-state index in [9.17, 15) is 4.79 Å². The molecule has 3 N–H and O–H groups in total. The third kappa shape index (κ3) is 3.89. The number of hydrogen-bond acceptors (Lipinski definition) is 6. The molecule has 8 nitrogen and oxygen atoms in total. The maximum Gasteiger partial charge on any atom is 0.246 e. The van der Waals surface area contributed by atoms with E-state index in [2.05, 4.69) is 15.4 Å². The summed E-state index contributed by atoms with van der Waals surface area (Å²) < 4.78 is 8.28. The van der Waals surface area contributed by atoms with E-state index in [4.69, 9.17) is 22.8 Å². The van der Waals surface area contributed by atoms with Crippen molar-refractivity contribution in [3.8, 4) is 17.1 Å². The second-order valence-corrected chi connectivity index (χ2v) is 5.74. The summed E-state index contributed by atoms with van der Waals surface area (Å²) in [4.78, 5) is 16.3. The Morgan fingerprint density at radius 1 is 1.23 bits per heavy atom. The number of nitrogen functional groups attached to an aromatic ring is 1. The van der Waals surface area contributed by atoms with Gasteiger partial charge in [-0.2, -0.15) is 0 Å². The number of nitrogens with zero attached hydrogens (tertiary/aromatic N) is 4. The molecule has 2 aromatic heterocycles. The number of carbonyl (C=O) groups is 1. The zero-order chi connectivity index (χ0) is 18.5. The molecule has 2 heterocycles. The first-order valence-electron chi connectivity index (χ1n) is 7.96. The number of ether oxygens (including phenoxy) is 1. The van der Waals surface area contributed by atoms with Gasteiger partial charge in [-0.25, -0.2) is 9.36 Å². The molecule has 26 heavy (non-hydrogen) atoms. The summed E-state index contributed by atoms with van der Waals surface area (Å²) in [7, 11) is 0. The van der Waals surface area contributed by atoms with Gasteiger partial charge in [0, 0.05) is 23.6 Å². The van der Waals surface area contributed by atoms with Gasteiger partial charge in [-0.15, -0.1) is 5.10 Å². The van der Waals surface area contributed by atoms with Crippen LogP contribution in [0.25, 0.3) is 11.4 Å². The molecule has 0 radical (unpaired) electrons. The summed E-state index contributed by atoms with van der Waals surface area (Å²) in [5, 5.41) is 7.14. The third-order valence-corrected chi connectivity index (χ3v) is 3.96. The fourth-order valence-corrected chi connectivity index (χ4v) is 2.55. The van der Waals surface area contributed by atoms with Crippen molar-refractivity contribution >= 4 is 23.8 Å². The zero-order valence-corrected chi connectivity index (χ0v) is 14.9. The van der Waals surface area contributed by atoms with E-state index in [0.717, 1.165) is 11.3 Å². The predicted octanol–water partition coefficient (Wildman–Crippen LogP) is 2.23. The van der Waals surface area contributed by atoms with E-state index in [-0.39, 0.29) is 17.2 Å². The van der Waals surface area contributed by atoms with E-state index in [0.29, 0.717) is 18.1 Å². The highest BCUT2D eigenvalue weighted by Crippen LogP contribution is 2.17. The summed E-state index contributed by atoms with van der Waals surface area (Å²) in [6.45, 7) is 2.45. The highest BCUT2D eigenvalue weighted by Gasteiger charge is 2.13. The molecule has 0 fully saturated rings. The number of nitrogens with two attached hydrogens (primary N) is 1. The molecule has 0 unspecified atom stereocenters. The topological polar surface area (TPSA) is 100.0 Å². The summed E-state index contributed by atoms with van der Waals surface area (Å²) in [6, 6.07) is 10.7. The Kier molecular flexibility index (Phi) is 5.28. The maximum absolute atomic E-state index is 12.3. The number of nitrogens with one attached hydrogen (secondary N) is 1. The van der Waals surface area contributed by atoms with Gasteiger partial charge in [0.1, 0.15) is 12.3 Å². The molecule has 0 aliphatic rings. The Labute approximate surface area is 155 Å². The van der Waals surface area contributed by atoms with Gasteiger partial charge in [-0.3, -0.25) is 9.78 Å². The largest absolute Gasteiger partial charge is 0.494 e. The standard InChI is InChI=1S/C17H18N6O2S/c1-2-25-14-5-3-13(4-6-14)20-15(24)11-22-17(26)23(18)16(21-22)12-7-9-19-10-8-12/h3-10H,2,11,18H2,1H3,(H,20,24). The number of rotatable bonds is 6. The molecule has 0 saturated heterocycles. The van der Waals surface area contributed by atoms with Gasteiger partial charge in [0.2, 0.25) is 10.7 Å². The van der Waals surface area contributed by atoms with Crippen molar-refractivity contribution in [2.75, 3.05) is 17.8 Å². The number of aromatic nitrogens is 4. The maximum atomic E-state index is 12.3. The summed E-state index contributed by atoms with van der Waals surface area (Å²) in [6.07, 6.45) is 3.27. The van der Waals surface area contributed by atoms with Crippen molar-refractivity contribution in [3.63, 3.8) is 0 Å². The molecule has 0 spiro atoms. The van der Waals surface area contributed by atoms with Gasteiger partial charge in [0.15, 0.2) is 5.82 Å². The molecule has 0 aliphatic carbocycles. The average Bonchev–Trinajstić information content (AvgIpc) is 2.93. The second-order valence-electron chi connectivity index (χ2n) is 5.38. The summed E-state index contributed by atoms with van der Waals surface area (Å²) in [5.74, 6) is 6.92. The van der Waals surface area contributed by atoms with Crippen LogP contribution < -0.4 is 15.9 Å². The Bertz CT molecular complexity index is 950. The van der Waals surface area contributed by atoms with Crippen LogP contribution in [0.4, 0.5) is 5.69 Å². The number of hydrogen-bond donors (Lipinski definition) is 2. The van der Waals surface area contributed by atoms with Gasteiger partial charge in [0.05, 0.1) is 6.61 Å². The first kappa shape index (κ1) is 17.6. The van der Waals surface area contributed by atoms with E-state index < -0.39 is 0 Å². The fraction of sp³-hybridized carbons (Fsp3) is 0.176. The van der Waals surface area contributed by atoms with Crippen LogP contribution in [0.3, 0.4) is 0 Å². The van der Waals surface area contributed by atoms with Crippen molar-refractivity contribution in [2.45, 2.75) is 13.5 Å². The van der Waals surface area contributed by atoms with Crippen molar-refractivity contribution < 1.29 is 9.53 Å². The van der Waals surface area contributed by atoms with Crippen LogP contribution in [0.2, 0.25) is 0 Å². The summed E-state index contributed by atoms with van der Waals surface area (Å²) >= 11 is 5.27. The first-order chi connectivity index (χ1) is 12.6. The van der Waals surface area contributed by atoms with Crippen molar-refractivity contribution in [1.29, 1.82) is 0 Å². The Hall–Kier alpha value is -3.20. The fourth-order valence-electron chi connectivity index (χ4n) is 2.36. The minimum atomic E-state index is -0.260. The quantitative estimate of drug-likeness (QED) is 0.510. The Balaban J connectivity index is 1.72. The van der Waals surface area contributed by atoms with Gasteiger partial charge < -0.3 is 15.9 Å². The second kappa shape index (κ2) is 7.79. The number of anilines is 1. The lowest BCUT2D eigenvalue weighted by Crippen LogP contribution is -2.20. The summed E-state index contributed by atoms with van der Waals surface area (Å²) in [5.41, 5.74) is 1.42. The Morgan fingerprint density at radius 3 is 2.58 bits per heavy atom. The molecule has 0 bridgehead atoms. The lowest BCUT2D eigenvalue weighted by Gasteiger charge is -2.07. The molecule has 1 aromatic carbocycles. The molecule has 3 aromatic rings. The van der Waals surface area contributed by atoms with Crippen LogP contribution in [-0.2, 0) is 11.3 Å². The van der Waals surface area contributed by atoms with Crippen LogP contribution in [0.5, 0.6) is 5.75 Å². The van der Waals surface area contributed by atoms with Crippen LogP contribution in [-0.4, -0.2) is 32.0 Å². The van der Waals surface area contributed by atoms with Crippen LogP contribution in [0.1, 0.15) is 6.92 Å². The molecule has 0 aliphatic heterocycles. The van der Waals surface area contributed by atoms with Crippen molar-refractivity contribution in [3.05, 3.63) is 53.6 Å². The molecule has 0 atom stereocenters. The van der Waals surface area contributed by atoms with Gasteiger partial charge >= 0.3 is 0 Å². The van der Waals surface area contributed by atoms with Crippen molar-refractivity contribution in [1.82, 2.24) is 19.4 Å². The predicted molar refractivity (Wildman–Crippen MR) is 101 cm³/mol. The molecule has 9 heteroatoms. The highest BCUT2D eigenvalue weighted by molar-refractivity contribution is 7.71. The average molecular weight is 370 g/mol. The molecule has 0 saturated carbocycles. The number of amides is 1. The van der Waals surface area contributed by atoms with E-state index in [1.807, 2.05) is 6.92 Å². The van der Waals surface area contributed by atoms with E-state index in [1.165, 1.54) is 9.36 Å². The smallest absolute Gasteiger partial charge is 0.246 e. The first-order valence-corrected chi connectivity index (χ1v) is 8.37. The molecule has 134 valence electrons.